The van der Waals surface area contributed by atoms with Gasteiger partial charge in [0.05, 0.1) is 23.3 Å². The van der Waals surface area contributed by atoms with E-state index in [2.05, 4.69) is 25.7 Å². The lowest BCUT2D eigenvalue weighted by Gasteiger charge is -2.12. The molecule has 2 aromatic carbocycles. The van der Waals surface area contributed by atoms with Crippen LogP contribution in [-0.4, -0.2) is 38.1 Å². The van der Waals surface area contributed by atoms with Crippen molar-refractivity contribution in [2.24, 2.45) is 0 Å². The molecular weight excluding hydrogens is 392 g/mol. The van der Waals surface area contributed by atoms with Gasteiger partial charge in [-0.25, -0.2) is 9.67 Å². The van der Waals surface area contributed by atoms with Crippen LogP contribution in [0.2, 0.25) is 0 Å². The minimum absolute atomic E-state index is 0.142. The average Bonchev–Trinajstić information content (AvgIpc) is 3.32. The van der Waals surface area contributed by atoms with Gasteiger partial charge < -0.3 is 10.6 Å². The van der Waals surface area contributed by atoms with E-state index in [0.717, 1.165) is 22.3 Å². The van der Waals surface area contributed by atoms with E-state index in [9.17, 15) is 9.59 Å². The fourth-order valence-corrected chi connectivity index (χ4v) is 3.18. The zero-order valence-corrected chi connectivity index (χ0v) is 17.2. The normalized spacial score (nSPS) is 10.9. The molecule has 0 aliphatic carbocycles. The van der Waals surface area contributed by atoms with Crippen molar-refractivity contribution in [1.29, 1.82) is 0 Å². The summed E-state index contributed by atoms with van der Waals surface area (Å²) in [7, 11) is 0. The number of aromatic nitrogens is 4. The number of hydrogen-bond donors (Lipinski definition) is 2. The van der Waals surface area contributed by atoms with Crippen LogP contribution in [0.4, 0.5) is 5.69 Å². The average molecular weight is 414 g/mol. The summed E-state index contributed by atoms with van der Waals surface area (Å²) in [6.07, 6.45) is 3.05. The van der Waals surface area contributed by atoms with E-state index in [1.807, 2.05) is 50.2 Å². The van der Waals surface area contributed by atoms with Crippen LogP contribution in [-0.2, 0) is 4.79 Å². The molecule has 0 atom stereocenters. The highest BCUT2D eigenvalue weighted by Crippen LogP contribution is 2.22. The van der Waals surface area contributed by atoms with Crippen molar-refractivity contribution in [1.82, 2.24) is 25.1 Å². The number of amides is 2. The predicted molar refractivity (Wildman–Crippen MR) is 118 cm³/mol. The van der Waals surface area contributed by atoms with Gasteiger partial charge in [0.1, 0.15) is 12.7 Å². The standard InChI is InChI=1S/C23H22N6O2/c1-15(2)21-11-19(18-5-3-4-6-20(18)28-21)23(31)25-12-22(30)27-16-7-9-17(10-8-16)29-14-24-13-26-29/h3-11,13-15H,12H2,1-2H3,(H,25,31)(H,27,30). The third-order valence-corrected chi connectivity index (χ3v) is 4.82. The van der Waals surface area contributed by atoms with Gasteiger partial charge >= 0.3 is 0 Å². The zero-order valence-electron chi connectivity index (χ0n) is 17.2. The summed E-state index contributed by atoms with van der Waals surface area (Å²) in [5.41, 5.74) is 3.56. The molecule has 0 saturated carbocycles. The number of nitrogens with one attached hydrogen (secondary N) is 2. The van der Waals surface area contributed by atoms with E-state index in [1.54, 1.807) is 29.2 Å². The van der Waals surface area contributed by atoms with Gasteiger partial charge in [-0.2, -0.15) is 5.10 Å². The molecule has 0 radical (unpaired) electrons. The molecule has 0 fully saturated rings. The van der Waals surface area contributed by atoms with Crippen molar-refractivity contribution >= 4 is 28.4 Å². The second kappa shape index (κ2) is 8.74. The summed E-state index contributed by atoms with van der Waals surface area (Å²) >= 11 is 0. The molecule has 4 rings (SSSR count). The maximum atomic E-state index is 12.8. The van der Waals surface area contributed by atoms with Gasteiger partial charge in [0, 0.05) is 16.8 Å². The molecular formula is C23H22N6O2. The smallest absolute Gasteiger partial charge is 0.252 e. The lowest BCUT2D eigenvalue weighted by Crippen LogP contribution is -2.33. The monoisotopic (exact) mass is 414 g/mol. The van der Waals surface area contributed by atoms with E-state index in [-0.39, 0.29) is 24.3 Å². The quantitative estimate of drug-likeness (QED) is 0.504. The Bertz CT molecular complexity index is 1220. The van der Waals surface area contributed by atoms with Crippen molar-refractivity contribution in [3.63, 3.8) is 0 Å². The first-order chi connectivity index (χ1) is 15.0. The number of pyridine rings is 1. The fourth-order valence-electron chi connectivity index (χ4n) is 3.18. The number of para-hydroxylation sites is 1. The lowest BCUT2D eigenvalue weighted by atomic mass is 10.0. The topological polar surface area (TPSA) is 102 Å². The predicted octanol–water partition coefficient (Wildman–Crippen LogP) is 3.31. The number of carbonyl (C=O) groups excluding carboxylic acids is 2. The van der Waals surface area contributed by atoms with Crippen LogP contribution in [0.1, 0.15) is 35.8 Å². The van der Waals surface area contributed by atoms with E-state index < -0.39 is 0 Å². The number of fused-ring (bicyclic) bond motifs is 1. The Hall–Kier alpha value is -4.07. The first-order valence-electron chi connectivity index (χ1n) is 9.94. The van der Waals surface area contributed by atoms with E-state index in [4.69, 9.17) is 0 Å². The van der Waals surface area contributed by atoms with Crippen LogP contribution in [0, 0.1) is 0 Å². The molecule has 0 bridgehead atoms. The molecule has 156 valence electrons. The zero-order chi connectivity index (χ0) is 21.8. The molecule has 2 aromatic heterocycles. The Morgan fingerprint density at radius 2 is 1.84 bits per heavy atom. The minimum Gasteiger partial charge on any atom is -0.343 e. The van der Waals surface area contributed by atoms with Crippen LogP contribution in [0.25, 0.3) is 16.6 Å². The second-order valence-electron chi connectivity index (χ2n) is 7.38. The van der Waals surface area contributed by atoms with Crippen LogP contribution >= 0.6 is 0 Å². The Kier molecular flexibility index (Phi) is 5.70. The molecule has 0 aliphatic heterocycles. The Labute approximate surface area is 179 Å². The van der Waals surface area contributed by atoms with Gasteiger partial charge in [-0.05, 0) is 42.3 Å². The van der Waals surface area contributed by atoms with Crippen molar-refractivity contribution in [2.75, 3.05) is 11.9 Å². The number of rotatable bonds is 6. The summed E-state index contributed by atoms with van der Waals surface area (Å²) in [6, 6.07) is 16.5. The molecule has 0 aliphatic rings. The molecule has 2 amide bonds. The maximum absolute atomic E-state index is 12.8. The number of anilines is 1. The van der Waals surface area contributed by atoms with Gasteiger partial charge in [-0.1, -0.05) is 32.0 Å². The molecule has 0 spiro atoms. The van der Waals surface area contributed by atoms with Crippen molar-refractivity contribution < 1.29 is 9.59 Å². The highest BCUT2D eigenvalue weighted by Gasteiger charge is 2.15. The third kappa shape index (κ3) is 4.58. The van der Waals surface area contributed by atoms with Crippen LogP contribution in [0.15, 0.2) is 67.3 Å². The van der Waals surface area contributed by atoms with Crippen LogP contribution in [0.3, 0.4) is 0 Å². The number of nitrogens with zero attached hydrogens (tertiary/aromatic N) is 4. The van der Waals surface area contributed by atoms with Crippen molar-refractivity contribution in [3.8, 4) is 5.69 Å². The van der Waals surface area contributed by atoms with Gasteiger partial charge in [0.2, 0.25) is 5.91 Å². The molecule has 2 heterocycles. The van der Waals surface area contributed by atoms with Gasteiger partial charge in [0.15, 0.2) is 0 Å². The molecule has 4 aromatic rings. The molecule has 0 saturated heterocycles. The molecule has 2 N–H and O–H groups in total. The number of hydrogen-bond acceptors (Lipinski definition) is 5. The van der Waals surface area contributed by atoms with E-state index in [0.29, 0.717) is 11.3 Å². The summed E-state index contributed by atoms with van der Waals surface area (Å²) in [6.45, 7) is 3.91. The highest BCUT2D eigenvalue weighted by molar-refractivity contribution is 6.07. The fraction of sp³-hybridized carbons (Fsp3) is 0.174. The molecule has 8 heteroatoms. The SMILES string of the molecule is CC(C)c1cc(C(=O)NCC(=O)Nc2ccc(-n3cncn3)cc2)c2ccccc2n1. The lowest BCUT2D eigenvalue weighted by molar-refractivity contribution is -0.115. The molecule has 0 unspecified atom stereocenters. The molecule has 8 nitrogen and oxygen atoms in total. The second-order valence-corrected chi connectivity index (χ2v) is 7.38. The van der Waals surface area contributed by atoms with Gasteiger partial charge in [-0.15, -0.1) is 0 Å². The highest BCUT2D eigenvalue weighted by atomic mass is 16.2. The first-order valence-corrected chi connectivity index (χ1v) is 9.94. The third-order valence-electron chi connectivity index (χ3n) is 4.82. The van der Waals surface area contributed by atoms with Crippen molar-refractivity contribution in [2.45, 2.75) is 19.8 Å². The molecule has 31 heavy (non-hydrogen) atoms. The summed E-state index contributed by atoms with van der Waals surface area (Å²) in [4.78, 5) is 33.7. The van der Waals surface area contributed by atoms with Crippen LogP contribution < -0.4 is 10.6 Å². The van der Waals surface area contributed by atoms with E-state index in [1.165, 1.54) is 6.33 Å². The first kappa shape index (κ1) is 20.2. The minimum atomic E-state index is -0.315. The number of benzene rings is 2. The van der Waals surface area contributed by atoms with Crippen LogP contribution in [0.5, 0.6) is 0 Å². The number of carbonyl (C=O) groups is 2. The Morgan fingerprint density at radius 1 is 1.06 bits per heavy atom. The summed E-state index contributed by atoms with van der Waals surface area (Å²) in [5, 5.41) is 10.3. The summed E-state index contributed by atoms with van der Waals surface area (Å²) < 4.78 is 1.62. The Balaban J connectivity index is 1.42. The van der Waals surface area contributed by atoms with Gasteiger partial charge in [0.25, 0.3) is 5.91 Å². The maximum Gasteiger partial charge on any atom is 0.252 e. The Morgan fingerprint density at radius 3 is 2.55 bits per heavy atom. The summed E-state index contributed by atoms with van der Waals surface area (Å²) in [5.74, 6) is -0.443. The van der Waals surface area contributed by atoms with Gasteiger partial charge in [-0.3, -0.25) is 14.6 Å². The van der Waals surface area contributed by atoms with Crippen molar-refractivity contribution in [3.05, 3.63) is 78.5 Å². The van der Waals surface area contributed by atoms with E-state index >= 15 is 0 Å². The largest absolute Gasteiger partial charge is 0.343 e.